The van der Waals surface area contributed by atoms with Gasteiger partial charge >= 0.3 is 0 Å². The van der Waals surface area contributed by atoms with E-state index in [4.69, 9.17) is 5.10 Å². The van der Waals surface area contributed by atoms with Gasteiger partial charge in [0.25, 0.3) is 11.5 Å². The Labute approximate surface area is 196 Å². The van der Waals surface area contributed by atoms with Gasteiger partial charge in [-0.3, -0.25) is 14.6 Å². The molecule has 1 fully saturated rings. The van der Waals surface area contributed by atoms with E-state index in [-0.39, 0.29) is 29.1 Å². The summed E-state index contributed by atoms with van der Waals surface area (Å²) in [5, 5.41) is 7.86. The largest absolute Gasteiger partial charge is 0.350 e. The lowest BCUT2D eigenvalue weighted by Gasteiger charge is -2.25. The molecular formula is C25H25N7O2. The van der Waals surface area contributed by atoms with Crippen LogP contribution >= 0.6 is 0 Å². The minimum atomic E-state index is -0.364. The van der Waals surface area contributed by atoms with Crippen LogP contribution in [0.2, 0.25) is 0 Å². The molecule has 1 N–H and O–H groups in total. The fourth-order valence-corrected chi connectivity index (χ4v) is 4.46. The van der Waals surface area contributed by atoms with Crippen molar-refractivity contribution in [2.45, 2.75) is 24.9 Å². The Morgan fingerprint density at radius 2 is 2.09 bits per heavy atom. The standard InChI is InChI=1S/C25H25N7O2/c1-3-19-15-27-22-9-10-23(29-32(19)22)31-16-18(14-20(31)13-17-7-4-5-11-26-17)28-24(33)21-8-6-12-30(2)25(21)34/h3-12,15,18,20H,1,13-14,16H2,2H3,(H,28,33)/t18-,20-/m0/s1. The smallest absolute Gasteiger partial charge is 0.263 e. The maximum absolute atomic E-state index is 12.9. The highest BCUT2D eigenvalue weighted by Crippen LogP contribution is 2.27. The molecule has 34 heavy (non-hydrogen) atoms. The Balaban J connectivity index is 1.43. The van der Waals surface area contributed by atoms with Crippen LogP contribution in [0, 0.1) is 0 Å². The number of pyridine rings is 2. The van der Waals surface area contributed by atoms with Crippen molar-refractivity contribution in [1.82, 2.24) is 29.5 Å². The first-order chi connectivity index (χ1) is 16.5. The van der Waals surface area contributed by atoms with Crippen molar-refractivity contribution in [2.24, 2.45) is 7.05 Å². The third kappa shape index (κ3) is 4.07. The van der Waals surface area contributed by atoms with Gasteiger partial charge < -0.3 is 14.8 Å². The van der Waals surface area contributed by atoms with Crippen molar-refractivity contribution in [3.05, 3.63) is 94.9 Å². The van der Waals surface area contributed by atoms with Crippen LogP contribution in [0.3, 0.4) is 0 Å². The minimum Gasteiger partial charge on any atom is -0.350 e. The van der Waals surface area contributed by atoms with Crippen molar-refractivity contribution in [3.8, 4) is 0 Å². The summed E-state index contributed by atoms with van der Waals surface area (Å²) >= 11 is 0. The first kappa shape index (κ1) is 21.6. The number of anilines is 1. The van der Waals surface area contributed by atoms with Crippen LogP contribution in [0.25, 0.3) is 11.7 Å². The van der Waals surface area contributed by atoms with Gasteiger partial charge in [0.2, 0.25) is 0 Å². The summed E-state index contributed by atoms with van der Waals surface area (Å²) in [5.41, 5.74) is 2.34. The second kappa shape index (κ2) is 8.93. The Kier molecular flexibility index (Phi) is 5.67. The number of imidazole rings is 1. The van der Waals surface area contributed by atoms with Gasteiger partial charge in [0.15, 0.2) is 5.65 Å². The lowest BCUT2D eigenvalue weighted by atomic mass is 10.1. The lowest BCUT2D eigenvalue weighted by molar-refractivity contribution is 0.0938. The zero-order chi connectivity index (χ0) is 23.7. The highest BCUT2D eigenvalue weighted by molar-refractivity contribution is 5.94. The van der Waals surface area contributed by atoms with E-state index in [0.29, 0.717) is 19.4 Å². The van der Waals surface area contributed by atoms with Crippen molar-refractivity contribution in [3.63, 3.8) is 0 Å². The second-order valence-electron chi connectivity index (χ2n) is 8.42. The van der Waals surface area contributed by atoms with E-state index in [1.165, 1.54) is 4.57 Å². The molecule has 0 unspecified atom stereocenters. The van der Waals surface area contributed by atoms with Crippen molar-refractivity contribution in [1.29, 1.82) is 0 Å². The molecule has 4 aromatic heterocycles. The summed E-state index contributed by atoms with van der Waals surface area (Å²) in [6.45, 7) is 4.40. The third-order valence-corrected chi connectivity index (χ3v) is 6.17. The molecule has 9 nitrogen and oxygen atoms in total. The first-order valence-electron chi connectivity index (χ1n) is 11.1. The Morgan fingerprint density at radius 1 is 1.21 bits per heavy atom. The molecule has 2 atom stereocenters. The molecule has 0 saturated carbocycles. The van der Waals surface area contributed by atoms with E-state index >= 15 is 0 Å². The normalized spacial score (nSPS) is 17.7. The molecule has 5 rings (SSSR count). The van der Waals surface area contributed by atoms with E-state index in [1.807, 2.05) is 30.3 Å². The monoisotopic (exact) mass is 455 g/mol. The summed E-state index contributed by atoms with van der Waals surface area (Å²) in [6, 6.07) is 12.9. The van der Waals surface area contributed by atoms with Crippen LogP contribution in [0.5, 0.6) is 0 Å². The number of carbonyl (C=O) groups excluding carboxylic acids is 1. The highest BCUT2D eigenvalue weighted by atomic mass is 16.2. The molecule has 0 aliphatic carbocycles. The molecule has 0 radical (unpaired) electrons. The summed E-state index contributed by atoms with van der Waals surface area (Å²) in [7, 11) is 1.63. The molecule has 172 valence electrons. The lowest BCUT2D eigenvalue weighted by Crippen LogP contribution is -2.40. The SMILES string of the molecule is C=Cc1cnc2ccc(N3C[C@@H](NC(=O)c4cccn(C)c4=O)C[C@@H]3Cc3ccccn3)nn12. The number of rotatable bonds is 6. The van der Waals surface area contributed by atoms with Crippen molar-refractivity contribution < 1.29 is 4.79 Å². The molecule has 0 aromatic carbocycles. The van der Waals surface area contributed by atoms with E-state index in [2.05, 4.69) is 26.8 Å². The number of carbonyl (C=O) groups is 1. The van der Waals surface area contributed by atoms with Gasteiger partial charge in [-0.15, -0.1) is 5.10 Å². The fraction of sp³-hybridized carbons (Fsp3) is 0.240. The predicted molar refractivity (Wildman–Crippen MR) is 130 cm³/mol. The maximum Gasteiger partial charge on any atom is 0.263 e. The number of nitrogens with one attached hydrogen (secondary N) is 1. The van der Waals surface area contributed by atoms with Crippen LogP contribution in [0.15, 0.2) is 72.4 Å². The maximum atomic E-state index is 12.9. The quantitative estimate of drug-likeness (QED) is 0.478. The fourth-order valence-electron chi connectivity index (χ4n) is 4.46. The molecule has 1 amide bonds. The predicted octanol–water partition coefficient (Wildman–Crippen LogP) is 2.09. The van der Waals surface area contributed by atoms with E-state index in [9.17, 15) is 9.59 Å². The summed E-state index contributed by atoms with van der Waals surface area (Å²) in [4.78, 5) is 36.3. The highest BCUT2D eigenvalue weighted by Gasteiger charge is 2.35. The third-order valence-electron chi connectivity index (χ3n) is 6.17. The Hall–Kier alpha value is -4.27. The molecule has 4 aromatic rings. The van der Waals surface area contributed by atoms with Crippen molar-refractivity contribution in [2.75, 3.05) is 11.4 Å². The van der Waals surface area contributed by atoms with Gasteiger partial charge in [0.05, 0.1) is 11.9 Å². The number of aromatic nitrogens is 5. The first-order valence-corrected chi connectivity index (χ1v) is 11.1. The van der Waals surface area contributed by atoms with Crippen LogP contribution in [-0.2, 0) is 13.5 Å². The average Bonchev–Trinajstić information content (AvgIpc) is 3.44. The number of aryl methyl sites for hydroxylation is 1. The molecule has 1 aliphatic heterocycles. The van der Waals surface area contributed by atoms with E-state index in [0.717, 1.165) is 22.9 Å². The van der Waals surface area contributed by atoms with Gasteiger partial charge in [0.1, 0.15) is 11.4 Å². The van der Waals surface area contributed by atoms with E-state index in [1.54, 1.807) is 48.4 Å². The Bertz CT molecular complexity index is 1410. The number of hydrogen-bond donors (Lipinski definition) is 1. The molecule has 0 bridgehead atoms. The van der Waals surface area contributed by atoms with Crippen LogP contribution in [0.4, 0.5) is 5.82 Å². The molecule has 1 saturated heterocycles. The van der Waals surface area contributed by atoms with E-state index < -0.39 is 0 Å². The summed E-state index contributed by atoms with van der Waals surface area (Å²) < 4.78 is 3.17. The van der Waals surface area contributed by atoms with Gasteiger partial charge in [-0.1, -0.05) is 12.6 Å². The van der Waals surface area contributed by atoms with Crippen LogP contribution in [0.1, 0.15) is 28.2 Å². The van der Waals surface area contributed by atoms with Gasteiger partial charge in [-0.25, -0.2) is 9.50 Å². The summed E-state index contributed by atoms with van der Waals surface area (Å²) in [5.74, 6) is 0.415. The molecular weight excluding hydrogens is 430 g/mol. The van der Waals surface area contributed by atoms with Gasteiger partial charge in [0, 0.05) is 50.2 Å². The topological polar surface area (TPSA) is 97.4 Å². The number of hydrogen-bond acceptors (Lipinski definition) is 6. The summed E-state index contributed by atoms with van der Waals surface area (Å²) in [6.07, 6.45) is 8.28. The molecule has 9 heteroatoms. The molecule has 5 heterocycles. The average molecular weight is 456 g/mol. The molecule has 1 aliphatic rings. The minimum absolute atomic E-state index is 0.0689. The van der Waals surface area contributed by atoms with Crippen LogP contribution < -0.4 is 15.8 Å². The van der Waals surface area contributed by atoms with Crippen molar-refractivity contribution >= 4 is 23.4 Å². The second-order valence-corrected chi connectivity index (χ2v) is 8.42. The van der Waals surface area contributed by atoms with Gasteiger partial charge in [-0.05, 0) is 48.9 Å². The zero-order valence-corrected chi connectivity index (χ0v) is 18.8. The number of amides is 1. The Morgan fingerprint density at radius 3 is 2.88 bits per heavy atom. The number of nitrogens with zero attached hydrogens (tertiary/aromatic N) is 6. The van der Waals surface area contributed by atoms with Crippen LogP contribution in [-0.4, -0.2) is 48.7 Å². The number of fused-ring (bicyclic) bond motifs is 1. The van der Waals surface area contributed by atoms with Gasteiger partial charge in [-0.2, -0.15) is 0 Å². The zero-order valence-electron chi connectivity index (χ0n) is 18.8. The molecule has 0 spiro atoms.